The summed E-state index contributed by atoms with van der Waals surface area (Å²) >= 11 is 2.30. The van der Waals surface area contributed by atoms with Crippen LogP contribution in [0.1, 0.15) is 16.7 Å². The van der Waals surface area contributed by atoms with Gasteiger partial charge in [-0.05, 0) is 81.6 Å². The number of rotatable bonds is 6. The molecule has 4 rings (SSSR count). The van der Waals surface area contributed by atoms with Crippen LogP contribution in [0.25, 0.3) is 27.7 Å². The number of aromatic amines is 1. The summed E-state index contributed by atoms with van der Waals surface area (Å²) in [6.07, 6.45) is -1.59. The molecule has 1 heterocycles. The molecule has 0 aliphatic carbocycles. The maximum atomic E-state index is 13.4. The van der Waals surface area contributed by atoms with Gasteiger partial charge >= 0.3 is 6.18 Å². The first-order valence-electron chi connectivity index (χ1n) is 9.78. The van der Waals surface area contributed by atoms with Crippen molar-refractivity contribution in [2.24, 2.45) is 0 Å². The van der Waals surface area contributed by atoms with Gasteiger partial charge < -0.3 is 10.3 Å². The quantitative estimate of drug-likeness (QED) is 0.252. The SMILES string of the molecule is C=C(NCCc1c[nH]c2ccc(I)cc12)c1cccc(-c2ccccc2C(F)(F)F)c1. The summed E-state index contributed by atoms with van der Waals surface area (Å²) < 4.78 is 41.4. The fourth-order valence-electron chi connectivity index (χ4n) is 3.66. The van der Waals surface area contributed by atoms with Crippen LogP contribution < -0.4 is 5.32 Å². The van der Waals surface area contributed by atoms with Crippen LogP contribution in [0.2, 0.25) is 0 Å². The number of nitrogens with one attached hydrogen (secondary N) is 2. The lowest BCUT2D eigenvalue weighted by molar-refractivity contribution is -0.137. The number of H-pyrrole nitrogens is 1. The van der Waals surface area contributed by atoms with Crippen LogP contribution in [0.3, 0.4) is 0 Å². The number of halogens is 4. The van der Waals surface area contributed by atoms with E-state index in [4.69, 9.17) is 0 Å². The molecule has 0 atom stereocenters. The lowest BCUT2D eigenvalue weighted by Crippen LogP contribution is -2.15. The minimum atomic E-state index is -4.40. The van der Waals surface area contributed by atoms with Crippen molar-refractivity contribution in [1.82, 2.24) is 10.3 Å². The Hall–Kier alpha value is -2.74. The van der Waals surface area contributed by atoms with Gasteiger partial charge in [-0.15, -0.1) is 0 Å². The van der Waals surface area contributed by atoms with E-state index in [0.717, 1.165) is 23.6 Å². The summed E-state index contributed by atoms with van der Waals surface area (Å²) in [6.45, 7) is 4.75. The van der Waals surface area contributed by atoms with Gasteiger partial charge in [-0.3, -0.25) is 0 Å². The third-order valence-electron chi connectivity index (χ3n) is 5.22. The predicted octanol–water partition coefficient (Wildman–Crippen LogP) is 7.26. The highest BCUT2D eigenvalue weighted by atomic mass is 127. The molecular weight excluding hydrogens is 512 g/mol. The fourth-order valence-corrected chi connectivity index (χ4v) is 4.16. The van der Waals surface area contributed by atoms with Gasteiger partial charge in [-0.25, -0.2) is 0 Å². The van der Waals surface area contributed by atoms with Crippen LogP contribution in [-0.4, -0.2) is 11.5 Å². The molecule has 0 aliphatic rings. The van der Waals surface area contributed by atoms with Crippen LogP contribution in [0.4, 0.5) is 13.2 Å². The Morgan fingerprint density at radius 2 is 1.81 bits per heavy atom. The molecular formula is C25H20F3IN2. The summed E-state index contributed by atoms with van der Waals surface area (Å²) in [4.78, 5) is 3.28. The van der Waals surface area contributed by atoms with Gasteiger partial charge in [0.15, 0.2) is 0 Å². The summed E-state index contributed by atoms with van der Waals surface area (Å²) in [6, 6.07) is 18.9. The summed E-state index contributed by atoms with van der Waals surface area (Å²) in [5.41, 5.74) is 3.80. The van der Waals surface area contributed by atoms with Gasteiger partial charge in [0.05, 0.1) is 5.56 Å². The van der Waals surface area contributed by atoms with Gasteiger partial charge in [0, 0.05) is 32.9 Å². The molecule has 4 aromatic rings. The van der Waals surface area contributed by atoms with Crippen molar-refractivity contribution >= 4 is 39.2 Å². The Morgan fingerprint density at radius 3 is 2.61 bits per heavy atom. The lowest BCUT2D eigenvalue weighted by atomic mass is 9.97. The van der Waals surface area contributed by atoms with Crippen LogP contribution in [0.15, 0.2) is 79.5 Å². The second kappa shape index (κ2) is 8.78. The van der Waals surface area contributed by atoms with E-state index in [2.05, 4.69) is 57.7 Å². The predicted molar refractivity (Wildman–Crippen MR) is 129 cm³/mol. The number of benzene rings is 3. The van der Waals surface area contributed by atoms with E-state index < -0.39 is 11.7 Å². The van der Waals surface area contributed by atoms with Crippen molar-refractivity contribution in [1.29, 1.82) is 0 Å². The Morgan fingerprint density at radius 1 is 1.00 bits per heavy atom. The smallest absolute Gasteiger partial charge is 0.385 e. The number of aromatic nitrogens is 1. The lowest BCUT2D eigenvalue weighted by Gasteiger charge is -2.15. The van der Waals surface area contributed by atoms with E-state index in [9.17, 15) is 13.2 Å². The molecule has 158 valence electrons. The van der Waals surface area contributed by atoms with Gasteiger partial charge in [0.25, 0.3) is 0 Å². The van der Waals surface area contributed by atoms with Gasteiger partial charge in [0.1, 0.15) is 0 Å². The molecule has 0 unspecified atom stereocenters. The van der Waals surface area contributed by atoms with Gasteiger partial charge in [0.2, 0.25) is 0 Å². The first-order valence-corrected chi connectivity index (χ1v) is 10.9. The van der Waals surface area contributed by atoms with Crippen LogP contribution >= 0.6 is 22.6 Å². The standard InChI is InChI=1S/C25H20F3IN2/c1-16(30-12-11-19-15-31-24-10-9-20(29)14-22(19)24)17-5-4-6-18(13-17)21-7-2-3-8-23(21)25(26,27)28/h2-10,13-15,30-31H,1,11-12H2. The van der Waals surface area contributed by atoms with Crippen molar-refractivity contribution in [3.8, 4) is 11.1 Å². The highest BCUT2D eigenvalue weighted by Crippen LogP contribution is 2.37. The zero-order valence-corrected chi connectivity index (χ0v) is 18.7. The molecule has 0 amide bonds. The third-order valence-corrected chi connectivity index (χ3v) is 5.89. The monoisotopic (exact) mass is 532 g/mol. The molecule has 1 aromatic heterocycles. The van der Waals surface area contributed by atoms with E-state index in [1.54, 1.807) is 24.3 Å². The number of fused-ring (bicyclic) bond motifs is 1. The van der Waals surface area contributed by atoms with E-state index >= 15 is 0 Å². The first-order chi connectivity index (χ1) is 14.8. The summed E-state index contributed by atoms with van der Waals surface area (Å²) in [5.74, 6) is 0. The van der Waals surface area contributed by atoms with Gasteiger partial charge in [-0.2, -0.15) is 13.2 Å². The van der Waals surface area contributed by atoms with Crippen molar-refractivity contribution in [3.05, 3.63) is 99.8 Å². The molecule has 0 aliphatic heterocycles. The van der Waals surface area contributed by atoms with Crippen molar-refractivity contribution in [2.45, 2.75) is 12.6 Å². The number of alkyl halides is 3. The average molecular weight is 532 g/mol. The molecule has 2 nitrogen and oxygen atoms in total. The van der Waals surface area contributed by atoms with Crippen LogP contribution in [0, 0.1) is 3.57 Å². The van der Waals surface area contributed by atoms with E-state index in [-0.39, 0.29) is 5.56 Å². The Bertz CT molecular complexity index is 1240. The zero-order chi connectivity index (χ0) is 22.0. The second-order valence-corrected chi connectivity index (χ2v) is 8.53. The molecule has 3 aromatic carbocycles. The minimum absolute atomic E-state index is 0.165. The molecule has 6 heteroatoms. The average Bonchev–Trinajstić information content (AvgIpc) is 3.15. The Balaban J connectivity index is 1.48. The molecule has 0 bridgehead atoms. The second-order valence-electron chi connectivity index (χ2n) is 7.28. The fraction of sp³-hybridized carbons (Fsp3) is 0.120. The minimum Gasteiger partial charge on any atom is -0.385 e. The van der Waals surface area contributed by atoms with Crippen molar-refractivity contribution in [3.63, 3.8) is 0 Å². The van der Waals surface area contributed by atoms with E-state index in [1.165, 1.54) is 26.7 Å². The number of hydrogen-bond donors (Lipinski definition) is 2. The highest BCUT2D eigenvalue weighted by Gasteiger charge is 2.33. The van der Waals surface area contributed by atoms with Crippen LogP contribution in [-0.2, 0) is 12.6 Å². The molecule has 2 N–H and O–H groups in total. The topological polar surface area (TPSA) is 27.8 Å². The van der Waals surface area contributed by atoms with Crippen molar-refractivity contribution < 1.29 is 13.2 Å². The van der Waals surface area contributed by atoms with E-state index in [1.807, 2.05) is 12.3 Å². The molecule has 0 radical (unpaired) electrons. The van der Waals surface area contributed by atoms with E-state index in [0.29, 0.717) is 17.8 Å². The first kappa shape index (κ1) is 21.5. The summed E-state index contributed by atoms with van der Waals surface area (Å²) in [5, 5.41) is 4.51. The molecule has 0 spiro atoms. The molecule has 31 heavy (non-hydrogen) atoms. The van der Waals surface area contributed by atoms with Gasteiger partial charge in [-0.1, -0.05) is 43.0 Å². The normalized spacial score (nSPS) is 11.6. The Kier molecular flexibility index (Phi) is 6.09. The van der Waals surface area contributed by atoms with Crippen LogP contribution in [0.5, 0.6) is 0 Å². The molecule has 0 saturated carbocycles. The largest absolute Gasteiger partial charge is 0.417 e. The zero-order valence-electron chi connectivity index (χ0n) is 16.6. The Labute approximate surface area is 192 Å². The molecule has 0 fully saturated rings. The maximum Gasteiger partial charge on any atom is 0.417 e. The third kappa shape index (κ3) is 4.79. The summed E-state index contributed by atoms with van der Waals surface area (Å²) in [7, 11) is 0. The molecule has 0 saturated heterocycles. The highest BCUT2D eigenvalue weighted by molar-refractivity contribution is 14.1. The van der Waals surface area contributed by atoms with Crippen molar-refractivity contribution in [2.75, 3.05) is 6.54 Å². The maximum absolute atomic E-state index is 13.4. The number of hydrogen-bond acceptors (Lipinski definition) is 1.